The van der Waals surface area contributed by atoms with Gasteiger partial charge in [0, 0.05) is 38.5 Å². The van der Waals surface area contributed by atoms with Gasteiger partial charge in [-0.15, -0.1) is 0 Å². The minimum atomic E-state index is -5.12. The maximum absolute atomic E-state index is 14.2. The largest absolute Gasteiger partial charge is 0.469 e. The molecular weight excluding hydrogens is 831 g/mol. The van der Waals surface area contributed by atoms with Crippen LogP contribution >= 0.6 is 7.82 Å². The Morgan fingerprint density at radius 2 is 1.60 bits per heavy atom. The number of rotatable bonds is 28. The highest BCUT2D eigenvalue weighted by molar-refractivity contribution is 7.46. The zero-order chi connectivity index (χ0) is 45.8. The van der Waals surface area contributed by atoms with Crippen LogP contribution in [0.3, 0.4) is 0 Å². The molecular formula is C40H63N8O13P. The van der Waals surface area contributed by atoms with Crippen LogP contribution in [0.2, 0.25) is 0 Å². The minimum Gasteiger partial charge on any atom is -0.394 e. The molecule has 1 aromatic carbocycles. The van der Waals surface area contributed by atoms with E-state index in [1.54, 1.807) is 6.33 Å². The number of aliphatic hydroxyl groups excluding tert-OH is 1. The Kier molecular flexibility index (Phi) is 21.6. The highest BCUT2D eigenvalue weighted by atomic mass is 31.2. The number of unbranched alkanes of at least 4 members (excludes halogenated alkanes) is 1. The molecule has 0 saturated carbocycles. The van der Waals surface area contributed by atoms with Gasteiger partial charge in [0.15, 0.2) is 0 Å². The van der Waals surface area contributed by atoms with E-state index in [9.17, 15) is 48.2 Å². The maximum Gasteiger partial charge on any atom is 0.469 e. The highest BCUT2D eigenvalue weighted by Gasteiger charge is 2.38. The van der Waals surface area contributed by atoms with Crippen molar-refractivity contribution < 1.29 is 62.2 Å². The molecule has 0 bridgehead atoms. The summed E-state index contributed by atoms with van der Waals surface area (Å²) >= 11 is 0. The van der Waals surface area contributed by atoms with Crippen LogP contribution in [0.4, 0.5) is 0 Å². The zero-order valence-electron chi connectivity index (χ0n) is 35.8. The van der Waals surface area contributed by atoms with Crippen LogP contribution in [0.1, 0.15) is 70.6 Å². The van der Waals surface area contributed by atoms with Gasteiger partial charge in [-0.2, -0.15) is 0 Å². The number of nitrogens with zero attached hydrogens (tertiary/aromatic N) is 3. The fraction of sp³-hybridized carbons (Fsp3) is 0.625. The summed E-state index contributed by atoms with van der Waals surface area (Å²) in [6.45, 7) is 5.48. The van der Waals surface area contributed by atoms with Crippen LogP contribution in [0.5, 0.6) is 0 Å². The van der Waals surface area contributed by atoms with Crippen molar-refractivity contribution in [2.75, 3.05) is 40.1 Å². The number of aliphatic hydroxyl groups is 1. The molecule has 1 aromatic heterocycles. The Morgan fingerprint density at radius 3 is 2.24 bits per heavy atom. The summed E-state index contributed by atoms with van der Waals surface area (Å²) in [6, 6.07) is 3.04. The molecule has 2 heterocycles. The lowest BCUT2D eigenvalue weighted by Crippen LogP contribution is -2.61. The van der Waals surface area contributed by atoms with Crippen LogP contribution < -0.4 is 27.0 Å². The third kappa shape index (κ3) is 17.5. The lowest BCUT2D eigenvalue weighted by molar-refractivity contribution is -0.140. The summed E-state index contributed by atoms with van der Waals surface area (Å²) in [7, 11) is -3.58. The standard InChI is InChI=1S/C40H63N8O13P/c1-26(2)21-30(44-40(55)33-14-10-17-48(33)34(50)15-18-60-20-19-59-4)37(52)43-31(22-29-23-42-25-47(29)16-9-8-13-28-11-6-5-7-12-28)38(53)45-32(24-49)39(54)46-35(36(41)51)27(3)61-62(56,57)58/h5-7,11-12,23,25-27,30-33,35,49H,8-10,13-22,24H2,1-4H3,(H2,41,51)(H,43,52)(H,44,55)(H,45,53)(H,46,54)(H2,56,57,58)/t27-,30+,31+,32+,33+,35+/m1/s1. The summed E-state index contributed by atoms with van der Waals surface area (Å²) in [5.74, 6) is -4.96. The average molecular weight is 895 g/mol. The lowest BCUT2D eigenvalue weighted by Gasteiger charge is -2.29. The van der Waals surface area contributed by atoms with Gasteiger partial charge in [0.1, 0.15) is 30.2 Å². The third-order valence-corrected chi connectivity index (χ3v) is 10.7. The number of carbonyl (C=O) groups excluding carboxylic acids is 6. The average Bonchev–Trinajstić information content (AvgIpc) is 3.89. The normalized spacial score (nSPS) is 16.5. The molecule has 1 aliphatic heterocycles. The number of hydrogen-bond donors (Lipinski definition) is 8. The number of nitrogens with one attached hydrogen (secondary N) is 4. The van der Waals surface area contributed by atoms with Crippen molar-refractivity contribution in [1.29, 1.82) is 0 Å². The molecule has 346 valence electrons. The molecule has 6 atom stereocenters. The lowest BCUT2D eigenvalue weighted by atomic mass is 10.0. The van der Waals surface area contributed by atoms with Crippen LogP contribution in [0.15, 0.2) is 42.9 Å². The second-order valence-corrected chi connectivity index (χ2v) is 16.7. The monoisotopic (exact) mass is 894 g/mol. The molecule has 22 heteroatoms. The van der Waals surface area contributed by atoms with Crippen LogP contribution in [-0.2, 0) is 66.7 Å². The first-order valence-corrected chi connectivity index (χ1v) is 22.2. The van der Waals surface area contributed by atoms with E-state index in [1.165, 1.54) is 23.8 Å². The number of carbonyl (C=O) groups is 6. The van der Waals surface area contributed by atoms with Gasteiger partial charge in [-0.3, -0.25) is 33.3 Å². The number of aryl methyl sites for hydroxylation is 2. The van der Waals surface area contributed by atoms with Crippen molar-refractivity contribution in [3.05, 3.63) is 54.1 Å². The minimum absolute atomic E-state index is 0.0556. The number of likely N-dealkylation sites (tertiary alicyclic amines) is 1. The molecule has 6 amide bonds. The molecule has 3 rings (SSSR count). The molecule has 21 nitrogen and oxygen atoms in total. The number of aromatic nitrogens is 2. The molecule has 0 spiro atoms. The summed E-state index contributed by atoms with van der Waals surface area (Å²) in [6.07, 6.45) is 4.97. The number of imidazole rings is 1. The molecule has 0 unspecified atom stereocenters. The number of nitrogens with two attached hydrogens (primary N) is 1. The molecule has 1 aliphatic rings. The fourth-order valence-corrected chi connectivity index (χ4v) is 7.49. The van der Waals surface area contributed by atoms with E-state index in [1.807, 2.05) is 48.7 Å². The predicted octanol–water partition coefficient (Wildman–Crippen LogP) is -0.547. The second kappa shape index (κ2) is 26.0. The number of benzene rings is 1. The summed E-state index contributed by atoms with van der Waals surface area (Å²) < 4.78 is 28.1. The Hall–Kier alpha value is -4.76. The SMILES string of the molecule is COCCOCCC(=O)N1CCC[C@H]1C(=O)N[C@@H](CC(C)C)C(=O)N[C@@H](Cc1cncn1CCCCc1ccccc1)C(=O)N[C@@H](CO)C(=O)N[C@H](C(N)=O)[C@@H](C)OP(=O)(O)O. The van der Waals surface area contributed by atoms with Gasteiger partial charge >= 0.3 is 7.82 Å². The number of primary amides is 1. The van der Waals surface area contributed by atoms with Gasteiger partial charge < -0.3 is 60.8 Å². The maximum atomic E-state index is 14.2. The second-order valence-electron chi connectivity index (χ2n) is 15.5. The van der Waals surface area contributed by atoms with Crippen molar-refractivity contribution >= 4 is 43.3 Å². The molecule has 1 fully saturated rings. The zero-order valence-corrected chi connectivity index (χ0v) is 36.7. The van der Waals surface area contributed by atoms with E-state index in [0.717, 1.165) is 26.2 Å². The molecule has 62 heavy (non-hydrogen) atoms. The van der Waals surface area contributed by atoms with Crippen LogP contribution in [0.25, 0.3) is 0 Å². The molecule has 2 aromatic rings. The van der Waals surface area contributed by atoms with Gasteiger partial charge in [-0.1, -0.05) is 44.2 Å². The van der Waals surface area contributed by atoms with E-state index in [2.05, 4.69) is 30.8 Å². The number of hydrogen-bond acceptors (Lipinski definition) is 12. The van der Waals surface area contributed by atoms with E-state index < -0.39 is 80.3 Å². The topological polar surface area (TPSA) is 303 Å². The van der Waals surface area contributed by atoms with Crippen molar-refractivity contribution in [2.24, 2.45) is 11.7 Å². The van der Waals surface area contributed by atoms with Crippen LogP contribution in [0, 0.1) is 5.92 Å². The summed E-state index contributed by atoms with van der Waals surface area (Å²) in [4.78, 5) is 105. The first kappa shape index (κ1) is 51.6. The van der Waals surface area contributed by atoms with Gasteiger partial charge in [-0.25, -0.2) is 9.55 Å². The number of ether oxygens (including phenoxy) is 2. The predicted molar refractivity (Wildman–Crippen MR) is 223 cm³/mol. The number of phosphoric ester groups is 1. The number of methoxy groups -OCH3 is 1. The third-order valence-electron chi connectivity index (χ3n) is 10.1. The van der Waals surface area contributed by atoms with Crippen LogP contribution in [-0.4, -0.2) is 141 Å². The van der Waals surface area contributed by atoms with E-state index in [-0.39, 0.29) is 37.7 Å². The number of phosphoric acid groups is 1. The summed E-state index contributed by atoms with van der Waals surface area (Å²) in [5.41, 5.74) is 7.09. The Bertz CT molecular complexity index is 1810. The molecule has 1 saturated heterocycles. The molecule has 9 N–H and O–H groups in total. The quantitative estimate of drug-likeness (QED) is 0.0393. The summed E-state index contributed by atoms with van der Waals surface area (Å²) in [5, 5.41) is 20.2. The van der Waals surface area contributed by atoms with E-state index in [4.69, 9.17) is 15.2 Å². The van der Waals surface area contributed by atoms with Gasteiger partial charge in [-0.05, 0) is 56.9 Å². The number of amides is 6. The van der Waals surface area contributed by atoms with Gasteiger partial charge in [0.25, 0.3) is 0 Å². The van der Waals surface area contributed by atoms with Crippen molar-refractivity contribution in [3.8, 4) is 0 Å². The Labute approximate surface area is 361 Å². The fourth-order valence-electron chi connectivity index (χ4n) is 6.94. The first-order valence-electron chi connectivity index (χ1n) is 20.7. The van der Waals surface area contributed by atoms with Gasteiger partial charge in [0.2, 0.25) is 35.4 Å². The Morgan fingerprint density at radius 1 is 0.919 bits per heavy atom. The Balaban J connectivity index is 1.83. The van der Waals surface area contributed by atoms with Crippen molar-refractivity contribution in [3.63, 3.8) is 0 Å². The van der Waals surface area contributed by atoms with E-state index in [0.29, 0.717) is 44.8 Å². The molecule has 0 aliphatic carbocycles. The smallest absolute Gasteiger partial charge is 0.394 e. The highest BCUT2D eigenvalue weighted by Crippen LogP contribution is 2.38. The van der Waals surface area contributed by atoms with E-state index >= 15 is 0 Å². The van der Waals surface area contributed by atoms with Gasteiger partial charge in [0.05, 0.1) is 45.3 Å². The van der Waals surface area contributed by atoms with Crippen molar-refractivity contribution in [2.45, 2.75) is 115 Å². The molecule has 0 radical (unpaired) electrons. The van der Waals surface area contributed by atoms with Crippen molar-refractivity contribution in [1.82, 2.24) is 35.7 Å². The first-order chi connectivity index (χ1) is 29.4.